The fourth-order valence-electron chi connectivity index (χ4n) is 1.31. The summed E-state index contributed by atoms with van der Waals surface area (Å²) in [6.45, 7) is 5.00. The Bertz CT molecular complexity index is 257. The van der Waals surface area contributed by atoms with Crippen LogP contribution in [0.3, 0.4) is 0 Å². The number of hydrogen-bond donors (Lipinski definition) is 1. The van der Waals surface area contributed by atoms with E-state index in [9.17, 15) is 0 Å². The quantitative estimate of drug-likeness (QED) is 0.714. The fraction of sp³-hybridized carbons (Fsp3) is 0.778. The van der Waals surface area contributed by atoms with Crippen LogP contribution in [0.25, 0.3) is 0 Å². The Kier molecular flexibility index (Phi) is 4.39. The summed E-state index contributed by atoms with van der Waals surface area (Å²) in [6, 6.07) is 0. The zero-order chi connectivity index (χ0) is 10.4. The molecule has 5 nitrogen and oxygen atoms in total. The number of rotatable bonds is 6. The molecule has 0 aromatic carbocycles. The average molecular weight is 197 g/mol. The van der Waals surface area contributed by atoms with Crippen LogP contribution in [-0.2, 0) is 6.54 Å². The standard InChI is InChI=1S/C9H19N5/c1-4-6-14-9(8-11-12-14)13(3)7-5-10-2/h8,10H,4-7H2,1-3H3. The highest BCUT2D eigenvalue weighted by molar-refractivity contribution is 5.34. The van der Waals surface area contributed by atoms with Gasteiger partial charge in [-0.15, -0.1) is 5.10 Å². The summed E-state index contributed by atoms with van der Waals surface area (Å²) in [5, 5.41) is 11.1. The molecule has 0 amide bonds. The molecular formula is C9H19N5. The van der Waals surface area contributed by atoms with E-state index in [-0.39, 0.29) is 0 Å². The zero-order valence-corrected chi connectivity index (χ0v) is 9.19. The Hall–Kier alpha value is -1.10. The number of likely N-dealkylation sites (N-methyl/N-ethyl adjacent to an activating group) is 2. The van der Waals surface area contributed by atoms with Gasteiger partial charge in [-0.2, -0.15) is 0 Å². The first-order chi connectivity index (χ1) is 6.79. The summed E-state index contributed by atoms with van der Waals surface area (Å²) in [7, 11) is 4.01. The molecule has 1 aromatic heterocycles. The van der Waals surface area contributed by atoms with Crippen molar-refractivity contribution in [3.63, 3.8) is 0 Å². The Morgan fingerprint density at radius 3 is 3.00 bits per heavy atom. The van der Waals surface area contributed by atoms with Gasteiger partial charge in [0, 0.05) is 26.7 Å². The van der Waals surface area contributed by atoms with E-state index in [0.717, 1.165) is 31.9 Å². The van der Waals surface area contributed by atoms with Gasteiger partial charge in [-0.05, 0) is 13.5 Å². The predicted octanol–water partition coefficient (Wildman–Crippen LogP) is 0.344. The zero-order valence-electron chi connectivity index (χ0n) is 9.19. The maximum atomic E-state index is 4.04. The molecule has 0 atom stereocenters. The third-order valence-electron chi connectivity index (χ3n) is 2.12. The van der Waals surface area contributed by atoms with Crippen molar-refractivity contribution in [2.45, 2.75) is 19.9 Å². The predicted molar refractivity (Wildman–Crippen MR) is 57.5 cm³/mol. The number of nitrogens with zero attached hydrogens (tertiary/aromatic N) is 4. The summed E-state index contributed by atoms with van der Waals surface area (Å²) < 4.78 is 1.94. The van der Waals surface area contributed by atoms with E-state index >= 15 is 0 Å². The van der Waals surface area contributed by atoms with Gasteiger partial charge in [-0.3, -0.25) is 0 Å². The Balaban J connectivity index is 2.58. The molecule has 1 N–H and O–H groups in total. The molecule has 1 rings (SSSR count). The van der Waals surface area contributed by atoms with Crippen molar-refractivity contribution in [3.05, 3.63) is 6.20 Å². The molecule has 1 heterocycles. The van der Waals surface area contributed by atoms with Crippen LogP contribution in [0.15, 0.2) is 6.20 Å². The first-order valence-corrected chi connectivity index (χ1v) is 5.03. The normalized spacial score (nSPS) is 10.5. The lowest BCUT2D eigenvalue weighted by Crippen LogP contribution is -2.28. The monoisotopic (exact) mass is 197 g/mol. The Morgan fingerprint density at radius 2 is 2.36 bits per heavy atom. The third kappa shape index (κ3) is 2.70. The first-order valence-electron chi connectivity index (χ1n) is 5.03. The summed E-state index contributed by atoms with van der Waals surface area (Å²) in [6.07, 6.45) is 2.89. The highest BCUT2D eigenvalue weighted by atomic mass is 15.5. The SMILES string of the molecule is CCCn1nncc1N(C)CCNC. The van der Waals surface area contributed by atoms with Gasteiger partial charge in [-0.25, -0.2) is 4.68 Å². The van der Waals surface area contributed by atoms with E-state index in [4.69, 9.17) is 0 Å². The van der Waals surface area contributed by atoms with E-state index < -0.39 is 0 Å². The summed E-state index contributed by atoms with van der Waals surface area (Å²) in [4.78, 5) is 2.16. The largest absolute Gasteiger partial charge is 0.357 e. The molecule has 0 aliphatic rings. The lowest BCUT2D eigenvalue weighted by molar-refractivity contribution is 0.572. The minimum absolute atomic E-state index is 0.930. The van der Waals surface area contributed by atoms with Gasteiger partial charge in [0.15, 0.2) is 0 Å². The van der Waals surface area contributed by atoms with E-state index in [1.807, 2.05) is 17.9 Å². The Morgan fingerprint density at radius 1 is 1.57 bits per heavy atom. The molecule has 1 aromatic rings. The van der Waals surface area contributed by atoms with Crippen LogP contribution in [0.1, 0.15) is 13.3 Å². The van der Waals surface area contributed by atoms with Crippen molar-refractivity contribution < 1.29 is 0 Å². The minimum Gasteiger partial charge on any atom is -0.357 e. The smallest absolute Gasteiger partial charge is 0.147 e. The summed E-state index contributed by atoms with van der Waals surface area (Å²) in [5.74, 6) is 1.09. The van der Waals surface area contributed by atoms with Crippen LogP contribution in [0.5, 0.6) is 0 Å². The second kappa shape index (κ2) is 5.59. The van der Waals surface area contributed by atoms with Crippen molar-refractivity contribution >= 4 is 5.82 Å². The van der Waals surface area contributed by atoms with Crippen molar-refractivity contribution in [1.82, 2.24) is 20.3 Å². The molecule has 0 aliphatic heterocycles. The van der Waals surface area contributed by atoms with Gasteiger partial charge in [0.05, 0.1) is 6.20 Å². The highest BCUT2D eigenvalue weighted by Gasteiger charge is 2.06. The lowest BCUT2D eigenvalue weighted by atomic mass is 10.4. The van der Waals surface area contributed by atoms with Gasteiger partial charge < -0.3 is 10.2 Å². The summed E-state index contributed by atoms with van der Waals surface area (Å²) >= 11 is 0. The molecule has 0 saturated heterocycles. The Labute approximate surface area is 85.1 Å². The van der Waals surface area contributed by atoms with Crippen LogP contribution in [-0.4, -0.2) is 42.2 Å². The van der Waals surface area contributed by atoms with Gasteiger partial charge >= 0.3 is 0 Å². The number of hydrogen-bond acceptors (Lipinski definition) is 4. The van der Waals surface area contributed by atoms with Gasteiger partial charge in [0.2, 0.25) is 0 Å². The summed E-state index contributed by atoms with van der Waals surface area (Å²) in [5.41, 5.74) is 0. The fourth-order valence-corrected chi connectivity index (χ4v) is 1.31. The van der Waals surface area contributed by atoms with Crippen LogP contribution in [0.4, 0.5) is 5.82 Å². The molecule has 0 bridgehead atoms. The van der Waals surface area contributed by atoms with Crippen LogP contribution >= 0.6 is 0 Å². The molecule has 80 valence electrons. The molecule has 0 spiro atoms. The maximum Gasteiger partial charge on any atom is 0.147 e. The van der Waals surface area contributed by atoms with E-state index in [2.05, 4.69) is 34.5 Å². The molecule has 0 saturated carbocycles. The van der Waals surface area contributed by atoms with E-state index in [1.165, 1.54) is 0 Å². The first kappa shape index (κ1) is 11.0. The second-order valence-electron chi connectivity index (χ2n) is 3.34. The van der Waals surface area contributed by atoms with E-state index in [0.29, 0.717) is 0 Å². The van der Waals surface area contributed by atoms with Crippen molar-refractivity contribution in [2.24, 2.45) is 0 Å². The molecular weight excluding hydrogens is 178 g/mol. The van der Waals surface area contributed by atoms with Crippen molar-refractivity contribution in [1.29, 1.82) is 0 Å². The van der Waals surface area contributed by atoms with Crippen LogP contribution in [0.2, 0.25) is 0 Å². The maximum absolute atomic E-state index is 4.04. The average Bonchev–Trinajstić information content (AvgIpc) is 2.63. The number of nitrogens with one attached hydrogen (secondary N) is 1. The van der Waals surface area contributed by atoms with Gasteiger partial charge in [-0.1, -0.05) is 12.1 Å². The molecule has 0 fully saturated rings. The molecule has 0 unspecified atom stereocenters. The molecule has 0 radical (unpaired) electrons. The lowest BCUT2D eigenvalue weighted by Gasteiger charge is -2.18. The second-order valence-corrected chi connectivity index (χ2v) is 3.34. The minimum atomic E-state index is 0.930. The highest BCUT2D eigenvalue weighted by Crippen LogP contribution is 2.09. The molecule has 5 heteroatoms. The van der Waals surface area contributed by atoms with Crippen molar-refractivity contribution in [3.8, 4) is 0 Å². The number of aromatic nitrogens is 3. The molecule has 0 aliphatic carbocycles. The molecule has 14 heavy (non-hydrogen) atoms. The van der Waals surface area contributed by atoms with Crippen LogP contribution < -0.4 is 10.2 Å². The van der Waals surface area contributed by atoms with Crippen LogP contribution in [0, 0.1) is 0 Å². The van der Waals surface area contributed by atoms with E-state index in [1.54, 1.807) is 0 Å². The number of anilines is 1. The number of aryl methyl sites for hydroxylation is 1. The van der Waals surface area contributed by atoms with Gasteiger partial charge in [0.25, 0.3) is 0 Å². The third-order valence-corrected chi connectivity index (χ3v) is 2.12. The van der Waals surface area contributed by atoms with Crippen molar-refractivity contribution in [2.75, 3.05) is 32.1 Å². The topological polar surface area (TPSA) is 46.0 Å². The van der Waals surface area contributed by atoms with Gasteiger partial charge in [0.1, 0.15) is 5.82 Å².